The van der Waals surface area contributed by atoms with Crippen molar-refractivity contribution in [3.8, 4) is 5.75 Å². The molecule has 0 heterocycles. The fraction of sp³-hybridized carbons (Fsp3) is 0.462. The van der Waals surface area contributed by atoms with Crippen LogP contribution in [0.5, 0.6) is 5.75 Å². The van der Waals surface area contributed by atoms with Crippen LogP contribution in [0.2, 0.25) is 0 Å². The molecule has 3 N–H and O–H groups in total. The summed E-state index contributed by atoms with van der Waals surface area (Å²) in [6.45, 7) is 2.36. The van der Waals surface area contributed by atoms with Crippen LogP contribution in [0.25, 0.3) is 0 Å². The van der Waals surface area contributed by atoms with Gasteiger partial charge in [-0.05, 0) is 31.0 Å². The average molecular weight is 236 g/mol. The lowest BCUT2D eigenvalue weighted by Gasteiger charge is -2.11. The van der Waals surface area contributed by atoms with E-state index in [-0.39, 0.29) is 11.9 Å². The first-order chi connectivity index (χ1) is 8.15. The summed E-state index contributed by atoms with van der Waals surface area (Å²) in [5, 5.41) is 2.83. The van der Waals surface area contributed by atoms with Crippen LogP contribution < -0.4 is 15.8 Å². The quantitative estimate of drug-likeness (QED) is 0.777. The second kappa shape index (κ2) is 6.91. The molecule has 1 atom stereocenters. The van der Waals surface area contributed by atoms with E-state index in [0.717, 1.165) is 11.3 Å². The highest BCUT2D eigenvalue weighted by Gasteiger charge is 2.06. The van der Waals surface area contributed by atoms with Gasteiger partial charge in [0.05, 0.1) is 7.11 Å². The number of benzene rings is 1. The number of hydrogen-bond donors (Lipinski definition) is 2. The van der Waals surface area contributed by atoms with Gasteiger partial charge in [0.15, 0.2) is 0 Å². The molecule has 0 bridgehead atoms. The summed E-state index contributed by atoms with van der Waals surface area (Å²) in [5.41, 5.74) is 6.53. The Labute approximate surface area is 102 Å². The van der Waals surface area contributed by atoms with Crippen molar-refractivity contribution in [3.63, 3.8) is 0 Å². The standard InChI is InChI=1S/C13H20N2O2/c1-10(9-14)15-13(16)7-6-11-4-3-5-12(8-11)17-2/h3-5,8,10H,6-7,9,14H2,1-2H3,(H,15,16)/t10-/m0/s1. The zero-order valence-corrected chi connectivity index (χ0v) is 10.4. The first kappa shape index (κ1) is 13.5. The number of methoxy groups -OCH3 is 1. The summed E-state index contributed by atoms with van der Waals surface area (Å²) in [6.07, 6.45) is 1.18. The van der Waals surface area contributed by atoms with Crippen LogP contribution >= 0.6 is 0 Å². The van der Waals surface area contributed by atoms with Crippen molar-refractivity contribution in [2.45, 2.75) is 25.8 Å². The van der Waals surface area contributed by atoms with Crippen LogP contribution in [0.4, 0.5) is 0 Å². The van der Waals surface area contributed by atoms with E-state index in [2.05, 4.69) is 5.32 Å². The Morgan fingerprint density at radius 2 is 2.29 bits per heavy atom. The Morgan fingerprint density at radius 1 is 1.53 bits per heavy atom. The van der Waals surface area contributed by atoms with Crippen molar-refractivity contribution in [2.75, 3.05) is 13.7 Å². The molecule has 17 heavy (non-hydrogen) atoms. The number of hydrogen-bond acceptors (Lipinski definition) is 3. The second-order valence-corrected chi connectivity index (χ2v) is 4.06. The molecule has 4 heteroatoms. The Bertz CT molecular complexity index is 366. The maximum Gasteiger partial charge on any atom is 0.220 e. The van der Waals surface area contributed by atoms with E-state index >= 15 is 0 Å². The van der Waals surface area contributed by atoms with Gasteiger partial charge in [0.25, 0.3) is 0 Å². The summed E-state index contributed by atoms with van der Waals surface area (Å²) in [4.78, 5) is 11.5. The molecule has 0 radical (unpaired) electrons. The van der Waals surface area contributed by atoms with Crippen molar-refractivity contribution in [1.82, 2.24) is 5.32 Å². The predicted octanol–water partition coefficient (Wildman–Crippen LogP) is 1.09. The van der Waals surface area contributed by atoms with Crippen molar-refractivity contribution in [3.05, 3.63) is 29.8 Å². The fourth-order valence-corrected chi connectivity index (χ4v) is 1.49. The molecule has 0 saturated heterocycles. The zero-order chi connectivity index (χ0) is 12.7. The molecule has 1 aromatic rings. The first-order valence-electron chi connectivity index (χ1n) is 5.78. The van der Waals surface area contributed by atoms with Gasteiger partial charge < -0.3 is 15.8 Å². The minimum atomic E-state index is 0.0331. The molecular formula is C13H20N2O2. The van der Waals surface area contributed by atoms with Crippen LogP contribution in [0.1, 0.15) is 18.9 Å². The molecule has 1 rings (SSSR count). The van der Waals surface area contributed by atoms with E-state index in [1.165, 1.54) is 0 Å². The SMILES string of the molecule is COc1cccc(CCC(=O)N[C@@H](C)CN)c1. The molecule has 1 amide bonds. The van der Waals surface area contributed by atoms with Crippen molar-refractivity contribution < 1.29 is 9.53 Å². The van der Waals surface area contributed by atoms with Gasteiger partial charge in [-0.1, -0.05) is 12.1 Å². The smallest absolute Gasteiger partial charge is 0.220 e. The first-order valence-corrected chi connectivity index (χ1v) is 5.78. The lowest BCUT2D eigenvalue weighted by atomic mass is 10.1. The number of rotatable bonds is 6. The Kier molecular flexibility index (Phi) is 5.49. The molecule has 4 nitrogen and oxygen atoms in total. The zero-order valence-electron chi connectivity index (χ0n) is 10.4. The number of carbonyl (C=O) groups excluding carboxylic acids is 1. The van der Waals surface area contributed by atoms with E-state index in [1.54, 1.807) is 7.11 Å². The van der Waals surface area contributed by atoms with E-state index in [4.69, 9.17) is 10.5 Å². The Hall–Kier alpha value is -1.55. The number of amides is 1. The van der Waals surface area contributed by atoms with Crippen LogP contribution in [-0.4, -0.2) is 25.6 Å². The van der Waals surface area contributed by atoms with E-state index < -0.39 is 0 Å². The highest BCUT2D eigenvalue weighted by molar-refractivity contribution is 5.76. The fourth-order valence-electron chi connectivity index (χ4n) is 1.49. The number of nitrogens with one attached hydrogen (secondary N) is 1. The third kappa shape index (κ3) is 4.87. The number of aryl methyl sites for hydroxylation is 1. The molecule has 0 unspecified atom stereocenters. The molecule has 0 spiro atoms. The Morgan fingerprint density at radius 3 is 2.94 bits per heavy atom. The van der Waals surface area contributed by atoms with E-state index in [1.807, 2.05) is 31.2 Å². The van der Waals surface area contributed by atoms with Gasteiger partial charge in [0, 0.05) is 19.0 Å². The van der Waals surface area contributed by atoms with Crippen LogP contribution in [0.15, 0.2) is 24.3 Å². The largest absolute Gasteiger partial charge is 0.497 e. The molecule has 0 aromatic heterocycles. The minimum absolute atomic E-state index is 0.0331. The Balaban J connectivity index is 2.41. The van der Waals surface area contributed by atoms with E-state index in [9.17, 15) is 4.79 Å². The maximum absolute atomic E-state index is 11.5. The molecule has 0 aliphatic carbocycles. The molecule has 0 aliphatic rings. The third-order valence-electron chi connectivity index (χ3n) is 2.54. The summed E-state index contributed by atoms with van der Waals surface area (Å²) >= 11 is 0. The summed E-state index contributed by atoms with van der Waals surface area (Å²) in [6, 6.07) is 7.78. The molecule has 0 fully saturated rings. The van der Waals surface area contributed by atoms with Gasteiger partial charge in [-0.25, -0.2) is 0 Å². The molecule has 0 saturated carbocycles. The number of carbonyl (C=O) groups is 1. The second-order valence-electron chi connectivity index (χ2n) is 4.06. The van der Waals surface area contributed by atoms with Crippen LogP contribution in [0, 0.1) is 0 Å². The normalized spacial score (nSPS) is 11.9. The van der Waals surface area contributed by atoms with E-state index in [0.29, 0.717) is 19.4 Å². The van der Waals surface area contributed by atoms with Crippen molar-refractivity contribution in [1.29, 1.82) is 0 Å². The summed E-state index contributed by atoms with van der Waals surface area (Å²) < 4.78 is 5.13. The van der Waals surface area contributed by atoms with Crippen molar-refractivity contribution in [2.24, 2.45) is 5.73 Å². The molecule has 1 aromatic carbocycles. The lowest BCUT2D eigenvalue weighted by Crippen LogP contribution is -2.37. The number of nitrogens with two attached hydrogens (primary N) is 1. The predicted molar refractivity (Wildman–Crippen MR) is 68.0 cm³/mol. The van der Waals surface area contributed by atoms with Gasteiger partial charge >= 0.3 is 0 Å². The highest BCUT2D eigenvalue weighted by atomic mass is 16.5. The van der Waals surface area contributed by atoms with Crippen LogP contribution in [0.3, 0.4) is 0 Å². The van der Waals surface area contributed by atoms with Crippen LogP contribution in [-0.2, 0) is 11.2 Å². The topological polar surface area (TPSA) is 64.3 Å². The molecule has 0 aliphatic heterocycles. The lowest BCUT2D eigenvalue weighted by molar-refractivity contribution is -0.121. The highest BCUT2D eigenvalue weighted by Crippen LogP contribution is 2.13. The minimum Gasteiger partial charge on any atom is -0.497 e. The average Bonchev–Trinajstić information content (AvgIpc) is 2.36. The summed E-state index contributed by atoms with van der Waals surface area (Å²) in [5.74, 6) is 0.851. The van der Waals surface area contributed by atoms with Gasteiger partial charge in [0.1, 0.15) is 5.75 Å². The number of ether oxygens (including phenoxy) is 1. The van der Waals surface area contributed by atoms with Gasteiger partial charge in [-0.2, -0.15) is 0 Å². The third-order valence-corrected chi connectivity index (χ3v) is 2.54. The van der Waals surface area contributed by atoms with Gasteiger partial charge in [-0.15, -0.1) is 0 Å². The maximum atomic E-state index is 11.5. The summed E-state index contributed by atoms with van der Waals surface area (Å²) in [7, 11) is 1.63. The molecular weight excluding hydrogens is 216 g/mol. The molecule has 94 valence electrons. The van der Waals surface area contributed by atoms with Gasteiger partial charge in [0.2, 0.25) is 5.91 Å². The van der Waals surface area contributed by atoms with Gasteiger partial charge in [-0.3, -0.25) is 4.79 Å². The monoisotopic (exact) mass is 236 g/mol. The van der Waals surface area contributed by atoms with Crippen molar-refractivity contribution >= 4 is 5.91 Å².